The molecule has 0 aromatic rings. The Hall–Kier alpha value is -2.38. The lowest BCUT2D eigenvalue weighted by Crippen LogP contribution is -2.58. The van der Waals surface area contributed by atoms with Gasteiger partial charge in [0.25, 0.3) is 0 Å². The van der Waals surface area contributed by atoms with E-state index in [1.807, 2.05) is 6.26 Å². The number of carboxylic acids is 2. The van der Waals surface area contributed by atoms with E-state index in [0.29, 0.717) is 12.2 Å². The van der Waals surface area contributed by atoms with Gasteiger partial charge in [-0.25, -0.2) is 4.79 Å². The second-order valence-corrected chi connectivity index (χ2v) is 8.31. The zero-order chi connectivity index (χ0) is 24.1. The summed E-state index contributed by atoms with van der Waals surface area (Å²) in [6, 6.07) is -5.28. The predicted octanol–water partition coefficient (Wildman–Crippen LogP) is -1.88. The molecule has 0 heterocycles. The molecule has 0 fully saturated rings. The number of hydrogen-bond acceptors (Lipinski definition) is 8. The number of thioether (sulfide) groups is 1. The van der Waals surface area contributed by atoms with Crippen LogP contribution in [0, 0.1) is 5.92 Å². The number of carbonyl (C=O) groups is 5. The summed E-state index contributed by atoms with van der Waals surface area (Å²) in [5, 5.41) is 34.3. The molecule has 13 heteroatoms. The van der Waals surface area contributed by atoms with Crippen LogP contribution in [0.1, 0.15) is 33.1 Å². The maximum atomic E-state index is 12.5. The highest BCUT2D eigenvalue weighted by molar-refractivity contribution is 7.98. The Bertz CT molecular complexity index is 646. The molecule has 0 spiro atoms. The minimum atomic E-state index is -1.54. The molecule has 0 saturated heterocycles. The molecule has 0 bridgehead atoms. The molecule has 3 amide bonds. The first-order valence-electron chi connectivity index (χ1n) is 9.63. The van der Waals surface area contributed by atoms with E-state index in [9.17, 15) is 34.2 Å². The topological polar surface area (TPSA) is 208 Å². The number of aliphatic carboxylic acids is 2. The largest absolute Gasteiger partial charge is 0.481 e. The Balaban J connectivity index is 5.21. The van der Waals surface area contributed by atoms with E-state index in [-0.39, 0.29) is 12.3 Å². The molecule has 4 atom stereocenters. The van der Waals surface area contributed by atoms with Crippen molar-refractivity contribution in [3.8, 4) is 0 Å². The van der Waals surface area contributed by atoms with Crippen LogP contribution in [0.3, 0.4) is 0 Å². The Morgan fingerprint density at radius 1 is 0.903 bits per heavy atom. The summed E-state index contributed by atoms with van der Waals surface area (Å²) >= 11 is 1.46. The zero-order valence-corrected chi connectivity index (χ0v) is 18.6. The molecule has 0 aliphatic rings. The smallest absolute Gasteiger partial charge is 0.326 e. The fraction of sp³-hybridized carbons (Fsp3) is 0.722. The highest BCUT2D eigenvalue weighted by Crippen LogP contribution is 2.06. The van der Waals surface area contributed by atoms with Gasteiger partial charge in [-0.2, -0.15) is 11.8 Å². The number of hydrogen-bond donors (Lipinski definition) is 7. The number of aliphatic hydroxyl groups is 1. The molecule has 8 N–H and O–H groups in total. The fourth-order valence-corrected chi connectivity index (χ4v) is 2.96. The quantitative estimate of drug-likeness (QED) is 0.143. The van der Waals surface area contributed by atoms with Crippen molar-refractivity contribution in [2.24, 2.45) is 11.7 Å². The van der Waals surface area contributed by atoms with Gasteiger partial charge in [-0.05, 0) is 30.8 Å². The molecular weight excluding hydrogens is 432 g/mol. The van der Waals surface area contributed by atoms with E-state index in [2.05, 4.69) is 16.0 Å². The minimum Gasteiger partial charge on any atom is -0.481 e. The van der Waals surface area contributed by atoms with Crippen molar-refractivity contribution in [1.82, 2.24) is 16.0 Å². The molecule has 178 valence electrons. The van der Waals surface area contributed by atoms with Crippen molar-refractivity contribution in [3.05, 3.63) is 0 Å². The maximum absolute atomic E-state index is 12.5. The van der Waals surface area contributed by atoms with Crippen LogP contribution in [0.5, 0.6) is 0 Å². The first kappa shape index (κ1) is 28.6. The van der Waals surface area contributed by atoms with E-state index in [1.165, 1.54) is 11.8 Å². The summed E-state index contributed by atoms with van der Waals surface area (Å²) < 4.78 is 0. The van der Waals surface area contributed by atoms with Crippen molar-refractivity contribution < 1.29 is 39.3 Å². The molecule has 0 aromatic heterocycles. The zero-order valence-electron chi connectivity index (χ0n) is 17.8. The third-order valence-electron chi connectivity index (χ3n) is 4.12. The lowest BCUT2D eigenvalue weighted by atomic mass is 10.0. The number of rotatable bonds is 15. The Morgan fingerprint density at radius 2 is 1.42 bits per heavy atom. The highest BCUT2D eigenvalue weighted by atomic mass is 32.2. The van der Waals surface area contributed by atoms with Gasteiger partial charge in [0.15, 0.2) is 0 Å². The first-order valence-corrected chi connectivity index (χ1v) is 11.0. The molecule has 31 heavy (non-hydrogen) atoms. The van der Waals surface area contributed by atoms with Crippen LogP contribution >= 0.6 is 11.8 Å². The van der Waals surface area contributed by atoms with Crippen LogP contribution in [0.25, 0.3) is 0 Å². The van der Waals surface area contributed by atoms with Crippen LogP contribution in [0.4, 0.5) is 0 Å². The maximum Gasteiger partial charge on any atom is 0.326 e. The molecule has 12 nitrogen and oxygen atoms in total. The van der Waals surface area contributed by atoms with Crippen molar-refractivity contribution >= 4 is 41.4 Å². The highest BCUT2D eigenvalue weighted by Gasteiger charge is 2.31. The van der Waals surface area contributed by atoms with Gasteiger partial charge < -0.3 is 37.0 Å². The van der Waals surface area contributed by atoms with Crippen molar-refractivity contribution in [3.63, 3.8) is 0 Å². The second kappa shape index (κ2) is 14.6. The lowest BCUT2D eigenvalue weighted by molar-refractivity contribution is -0.143. The number of nitrogens with one attached hydrogen (secondary N) is 3. The van der Waals surface area contributed by atoms with E-state index >= 15 is 0 Å². The minimum absolute atomic E-state index is 0.0472. The Labute approximate surface area is 184 Å². The van der Waals surface area contributed by atoms with Crippen molar-refractivity contribution in [1.29, 1.82) is 0 Å². The molecule has 4 unspecified atom stereocenters. The fourth-order valence-electron chi connectivity index (χ4n) is 2.47. The average Bonchev–Trinajstić information content (AvgIpc) is 2.67. The summed E-state index contributed by atoms with van der Waals surface area (Å²) in [5.74, 6) is -4.85. The van der Waals surface area contributed by atoms with Crippen LogP contribution < -0.4 is 21.7 Å². The summed E-state index contributed by atoms with van der Waals surface area (Å²) in [6.07, 6.45) is 1.47. The Morgan fingerprint density at radius 3 is 1.87 bits per heavy atom. The molecule has 0 aromatic carbocycles. The van der Waals surface area contributed by atoms with Gasteiger partial charge >= 0.3 is 11.9 Å². The molecule has 0 saturated carbocycles. The van der Waals surface area contributed by atoms with Gasteiger partial charge in [0.05, 0.1) is 19.1 Å². The average molecular weight is 465 g/mol. The monoisotopic (exact) mass is 464 g/mol. The van der Waals surface area contributed by atoms with Crippen molar-refractivity contribution in [2.45, 2.75) is 57.3 Å². The summed E-state index contributed by atoms with van der Waals surface area (Å²) in [4.78, 5) is 59.3. The van der Waals surface area contributed by atoms with E-state index in [1.54, 1.807) is 13.8 Å². The van der Waals surface area contributed by atoms with Gasteiger partial charge in [-0.3, -0.25) is 19.2 Å². The molecule has 0 radical (unpaired) electrons. The number of carbonyl (C=O) groups excluding carboxylic acids is 3. The summed E-state index contributed by atoms with van der Waals surface area (Å²) in [7, 11) is 0. The Kier molecular flexibility index (Phi) is 13.5. The van der Waals surface area contributed by atoms with Crippen LogP contribution in [-0.2, 0) is 24.0 Å². The second-order valence-electron chi connectivity index (χ2n) is 7.32. The van der Waals surface area contributed by atoms with E-state index in [0.717, 1.165) is 0 Å². The first-order chi connectivity index (χ1) is 14.4. The summed E-state index contributed by atoms with van der Waals surface area (Å²) in [5.41, 5.74) is 5.72. The molecule has 0 aliphatic carbocycles. The molecule has 0 rings (SSSR count). The van der Waals surface area contributed by atoms with Gasteiger partial charge in [0, 0.05) is 0 Å². The van der Waals surface area contributed by atoms with Crippen LogP contribution in [0.15, 0.2) is 0 Å². The van der Waals surface area contributed by atoms with Gasteiger partial charge in [-0.1, -0.05) is 13.8 Å². The van der Waals surface area contributed by atoms with Gasteiger partial charge in [-0.15, -0.1) is 0 Å². The standard InChI is InChI=1S/C18H32N4O8S/c1-9(2)6-12(18(29)30)21-17(28)13(8-23)22-16(27)11(7-14(24)25)20-15(26)10(19)4-5-31-3/h9-13,23H,4-8,19H2,1-3H3,(H,20,26)(H,21,28)(H,22,27)(H,24,25)(H,29,30). The predicted molar refractivity (Wildman–Crippen MR) is 113 cm³/mol. The van der Waals surface area contributed by atoms with Gasteiger partial charge in [0.2, 0.25) is 17.7 Å². The third kappa shape index (κ3) is 11.5. The normalized spacial score (nSPS) is 14.8. The van der Waals surface area contributed by atoms with E-state index in [4.69, 9.17) is 10.8 Å². The molecule has 0 aliphatic heterocycles. The number of amides is 3. The van der Waals surface area contributed by atoms with Crippen molar-refractivity contribution in [2.75, 3.05) is 18.6 Å². The van der Waals surface area contributed by atoms with E-state index < -0.39 is 66.9 Å². The number of aliphatic hydroxyl groups excluding tert-OH is 1. The number of carboxylic acid groups (broad SMARTS) is 2. The SMILES string of the molecule is CSCCC(N)C(=O)NC(CC(=O)O)C(=O)NC(CO)C(=O)NC(CC(C)C)C(=O)O. The van der Waals surface area contributed by atoms with Crippen LogP contribution in [0.2, 0.25) is 0 Å². The lowest BCUT2D eigenvalue weighted by Gasteiger charge is -2.24. The van der Waals surface area contributed by atoms with Gasteiger partial charge in [0.1, 0.15) is 18.1 Å². The van der Waals surface area contributed by atoms with Crippen LogP contribution in [-0.4, -0.2) is 87.8 Å². The summed E-state index contributed by atoms with van der Waals surface area (Å²) in [6.45, 7) is 2.65. The molecular formula is C18H32N4O8S. The third-order valence-corrected chi connectivity index (χ3v) is 4.76. The number of nitrogens with two attached hydrogens (primary N) is 1.